The average Bonchev–Trinajstić information content (AvgIpc) is 3.22. The van der Waals surface area contributed by atoms with Crippen LogP contribution in [0.1, 0.15) is 66.2 Å². The SMILES string of the molecule is CCCN(C=Nc1cc(C)c(Cc2nc(-c3ccc(C(N)=O)cc3)cs2)cc1C)C(C)(C)C. The Morgan fingerprint density at radius 1 is 1.15 bits per heavy atom. The molecule has 0 aliphatic heterocycles. The number of nitrogens with zero attached hydrogens (tertiary/aromatic N) is 3. The van der Waals surface area contributed by atoms with Crippen LogP contribution in [0.5, 0.6) is 0 Å². The van der Waals surface area contributed by atoms with Crippen LogP contribution < -0.4 is 5.73 Å². The van der Waals surface area contributed by atoms with Crippen molar-refractivity contribution in [1.29, 1.82) is 0 Å². The van der Waals surface area contributed by atoms with Crippen molar-refractivity contribution in [2.24, 2.45) is 10.7 Å². The minimum Gasteiger partial charge on any atom is -0.366 e. The van der Waals surface area contributed by atoms with E-state index in [2.05, 4.69) is 64.0 Å². The van der Waals surface area contributed by atoms with Gasteiger partial charge < -0.3 is 10.6 Å². The first-order valence-electron chi connectivity index (χ1n) is 11.3. The lowest BCUT2D eigenvalue weighted by atomic mass is 10.0. The molecule has 2 aromatic carbocycles. The van der Waals surface area contributed by atoms with E-state index < -0.39 is 5.91 Å². The number of nitrogens with two attached hydrogens (primary N) is 1. The fourth-order valence-electron chi connectivity index (χ4n) is 3.62. The van der Waals surface area contributed by atoms with Gasteiger partial charge in [0.05, 0.1) is 22.7 Å². The van der Waals surface area contributed by atoms with E-state index in [9.17, 15) is 4.79 Å². The Bertz CT molecular complexity index is 1140. The first-order valence-corrected chi connectivity index (χ1v) is 12.2. The standard InChI is InChI=1S/C27H34N4OS/c1-7-12-31(27(4,5)6)17-29-23-14-18(2)22(13-19(23)3)15-25-30-24(16-33-25)20-8-10-21(11-9-20)26(28)32/h8-11,13-14,16-17H,7,12,15H2,1-6H3,(H2,28,32). The van der Waals surface area contributed by atoms with Gasteiger partial charge in [-0.15, -0.1) is 11.3 Å². The molecule has 0 spiro atoms. The number of hydrogen-bond acceptors (Lipinski definition) is 4. The maximum Gasteiger partial charge on any atom is 0.248 e. The topological polar surface area (TPSA) is 71.6 Å². The molecule has 0 radical (unpaired) electrons. The molecule has 1 heterocycles. The molecule has 0 atom stereocenters. The summed E-state index contributed by atoms with van der Waals surface area (Å²) in [6.45, 7) is 14.1. The molecule has 0 aliphatic rings. The molecule has 0 saturated heterocycles. The minimum absolute atomic E-state index is 0.0467. The molecule has 5 nitrogen and oxygen atoms in total. The van der Waals surface area contributed by atoms with Crippen LogP contribution in [0.25, 0.3) is 11.3 Å². The second kappa shape index (κ2) is 10.3. The van der Waals surface area contributed by atoms with E-state index in [1.807, 2.05) is 18.5 Å². The van der Waals surface area contributed by atoms with E-state index in [-0.39, 0.29) is 5.54 Å². The highest BCUT2D eigenvalue weighted by atomic mass is 32.1. The van der Waals surface area contributed by atoms with Crippen LogP contribution in [-0.2, 0) is 6.42 Å². The fraction of sp³-hybridized carbons (Fsp3) is 0.370. The zero-order valence-electron chi connectivity index (χ0n) is 20.5. The quantitative estimate of drug-likeness (QED) is 0.316. The number of primary amides is 1. The van der Waals surface area contributed by atoms with Gasteiger partial charge in [-0.3, -0.25) is 4.79 Å². The molecule has 1 amide bonds. The van der Waals surface area contributed by atoms with Gasteiger partial charge in [-0.2, -0.15) is 0 Å². The molecule has 33 heavy (non-hydrogen) atoms. The van der Waals surface area contributed by atoms with Crippen molar-refractivity contribution in [3.05, 3.63) is 69.0 Å². The molecule has 174 valence electrons. The summed E-state index contributed by atoms with van der Waals surface area (Å²) < 4.78 is 0. The average molecular weight is 463 g/mol. The van der Waals surface area contributed by atoms with E-state index >= 15 is 0 Å². The third-order valence-corrected chi connectivity index (χ3v) is 6.52. The third kappa shape index (κ3) is 6.29. The van der Waals surface area contributed by atoms with Crippen LogP contribution in [0.15, 0.2) is 46.8 Å². The van der Waals surface area contributed by atoms with Crippen molar-refractivity contribution in [3.8, 4) is 11.3 Å². The van der Waals surface area contributed by atoms with Gasteiger partial charge in [0.2, 0.25) is 5.91 Å². The Hall–Kier alpha value is -2.99. The number of aromatic nitrogens is 1. The summed E-state index contributed by atoms with van der Waals surface area (Å²) in [5.41, 5.74) is 12.4. The van der Waals surface area contributed by atoms with E-state index in [4.69, 9.17) is 15.7 Å². The van der Waals surface area contributed by atoms with Crippen molar-refractivity contribution in [2.75, 3.05) is 6.54 Å². The molecule has 0 saturated carbocycles. The number of benzene rings is 2. The fourth-order valence-corrected chi connectivity index (χ4v) is 4.45. The molecular formula is C27H34N4OS. The van der Waals surface area contributed by atoms with Gasteiger partial charge in [-0.05, 0) is 75.9 Å². The van der Waals surface area contributed by atoms with Gasteiger partial charge in [0.25, 0.3) is 0 Å². The van der Waals surface area contributed by atoms with Gasteiger partial charge in [-0.25, -0.2) is 9.98 Å². The number of aryl methyl sites for hydroxylation is 2. The van der Waals surface area contributed by atoms with Crippen LogP contribution in [0.4, 0.5) is 5.69 Å². The first kappa shape index (κ1) is 24.6. The molecule has 0 fully saturated rings. The Morgan fingerprint density at radius 2 is 1.85 bits per heavy atom. The van der Waals surface area contributed by atoms with Gasteiger partial charge in [0, 0.05) is 35.0 Å². The first-order chi connectivity index (χ1) is 15.6. The lowest BCUT2D eigenvalue weighted by Crippen LogP contribution is -2.40. The molecule has 0 aliphatic carbocycles. The molecule has 1 aromatic heterocycles. The second-order valence-electron chi connectivity index (χ2n) is 9.42. The number of rotatable bonds is 8. The Balaban J connectivity index is 1.77. The van der Waals surface area contributed by atoms with Crippen LogP contribution in [0.2, 0.25) is 0 Å². The highest BCUT2D eigenvalue weighted by molar-refractivity contribution is 7.10. The predicted molar refractivity (Wildman–Crippen MR) is 140 cm³/mol. The number of thiazole rings is 1. The Kier molecular flexibility index (Phi) is 7.69. The largest absolute Gasteiger partial charge is 0.366 e. The highest BCUT2D eigenvalue weighted by Crippen LogP contribution is 2.28. The van der Waals surface area contributed by atoms with Gasteiger partial charge in [-0.1, -0.05) is 25.1 Å². The van der Waals surface area contributed by atoms with Crippen molar-refractivity contribution in [2.45, 2.75) is 59.9 Å². The van der Waals surface area contributed by atoms with Gasteiger partial charge in [0.1, 0.15) is 0 Å². The van der Waals surface area contributed by atoms with Crippen LogP contribution in [0, 0.1) is 13.8 Å². The summed E-state index contributed by atoms with van der Waals surface area (Å²) in [6.07, 6.45) is 3.86. The summed E-state index contributed by atoms with van der Waals surface area (Å²) in [5.74, 6) is -0.421. The zero-order valence-corrected chi connectivity index (χ0v) is 21.3. The van der Waals surface area contributed by atoms with Crippen LogP contribution in [0.3, 0.4) is 0 Å². The van der Waals surface area contributed by atoms with E-state index in [1.54, 1.807) is 23.5 Å². The maximum absolute atomic E-state index is 11.3. The lowest BCUT2D eigenvalue weighted by Gasteiger charge is -2.33. The van der Waals surface area contributed by atoms with E-state index in [0.717, 1.165) is 46.9 Å². The van der Waals surface area contributed by atoms with Crippen LogP contribution >= 0.6 is 11.3 Å². The summed E-state index contributed by atoms with van der Waals surface area (Å²) in [5, 5.41) is 3.12. The summed E-state index contributed by atoms with van der Waals surface area (Å²) in [7, 11) is 0. The normalized spacial score (nSPS) is 11.8. The second-order valence-corrected chi connectivity index (χ2v) is 10.4. The molecule has 3 aromatic rings. The number of aliphatic imine (C=N–C) groups is 1. The summed E-state index contributed by atoms with van der Waals surface area (Å²) in [4.78, 5) is 23.2. The smallest absolute Gasteiger partial charge is 0.248 e. The van der Waals surface area contributed by atoms with Gasteiger partial charge >= 0.3 is 0 Å². The molecule has 2 N–H and O–H groups in total. The molecule has 0 unspecified atom stereocenters. The number of amides is 1. The maximum atomic E-state index is 11.3. The van der Waals surface area contributed by atoms with Crippen molar-refractivity contribution in [3.63, 3.8) is 0 Å². The Labute approximate surface area is 201 Å². The van der Waals surface area contributed by atoms with Crippen molar-refractivity contribution < 1.29 is 4.79 Å². The number of carbonyl (C=O) groups is 1. The van der Waals surface area contributed by atoms with E-state index in [1.165, 1.54) is 11.1 Å². The van der Waals surface area contributed by atoms with Crippen molar-refractivity contribution in [1.82, 2.24) is 9.88 Å². The highest BCUT2D eigenvalue weighted by Gasteiger charge is 2.17. The van der Waals surface area contributed by atoms with Crippen molar-refractivity contribution >= 4 is 29.3 Å². The summed E-state index contributed by atoms with van der Waals surface area (Å²) >= 11 is 1.65. The molecule has 0 bridgehead atoms. The van der Waals surface area contributed by atoms with Crippen LogP contribution in [-0.4, -0.2) is 34.2 Å². The minimum atomic E-state index is -0.421. The number of carbonyl (C=O) groups excluding carboxylic acids is 1. The monoisotopic (exact) mass is 462 g/mol. The zero-order chi connectivity index (χ0) is 24.2. The number of hydrogen-bond donors (Lipinski definition) is 1. The van der Waals surface area contributed by atoms with E-state index in [0.29, 0.717) is 5.56 Å². The lowest BCUT2D eigenvalue weighted by molar-refractivity contribution is 0.100. The van der Waals surface area contributed by atoms with Gasteiger partial charge in [0.15, 0.2) is 0 Å². The molecular weight excluding hydrogens is 428 g/mol. The molecule has 3 rings (SSSR count). The predicted octanol–water partition coefficient (Wildman–Crippen LogP) is 6.29. The third-order valence-electron chi connectivity index (χ3n) is 5.68. The summed E-state index contributed by atoms with van der Waals surface area (Å²) in [6, 6.07) is 11.7. The molecule has 6 heteroatoms. The Morgan fingerprint density at radius 3 is 2.45 bits per heavy atom.